The number of ketones is 1. The lowest BCUT2D eigenvalue weighted by Crippen LogP contribution is -2.05. The number of thiophene rings is 1. The number of carbonyl (C=O) groups is 1. The van der Waals surface area contributed by atoms with E-state index in [-0.39, 0.29) is 11.3 Å². The zero-order valence-electron chi connectivity index (χ0n) is 8.66. The highest BCUT2D eigenvalue weighted by Crippen LogP contribution is 2.22. The van der Waals surface area contributed by atoms with Crippen LogP contribution < -0.4 is 5.73 Å². The molecule has 0 aliphatic heterocycles. The van der Waals surface area contributed by atoms with E-state index in [1.165, 1.54) is 23.5 Å². The highest BCUT2D eigenvalue weighted by Gasteiger charge is 2.16. The number of aryl methyl sites for hydroxylation is 1. The fourth-order valence-corrected chi connectivity index (χ4v) is 2.18. The van der Waals surface area contributed by atoms with Crippen LogP contribution in [0.1, 0.15) is 20.8 Å². The number of rotatable bonds is 2. The predicted octanol–water partition coefficient (Wildman–Crippen LogP) is 3.01. The lowest BCUT2D eigenvalue weighted by molar-refractivity contribution is 0.103. The van der Waals surface area contributed by atoms with Gasteiger partial charge in [0, 0.05) is 5.69 Å². The van der Waals surface area contributed by atoms with Gasteiger partial charge in [0.2, 0.25) is 5.78 Å². The van der Waals surface area contributed by atoms with Gasteiger partial charge in [-0.15, -0.1) is 11.3 Å². The van der Waals surface area contributed by atoms with E-state index in [2.05, 4.69) is 0 Å². The minimum atomic E-state index is -0.493. The minimum Gasteiger partial charge on any atom is -0.399 e. The average Bonchev–Trinajstić information content (AvgIpc) is 2.75. The first-order valence-electron chi connectivity index (χ1n) is 4.73. The molecule has 0 aliphatic rings. The Morgan fingerprint density at radius 2 is 2.19 bits per heavy atom. The topological polar surface area (TPSA) is 43.1 Å². The summed E-state index contributed by atoms with van der Waals surface area (Å²) < 4.78 is 13.8. The van der Waals surface area contributed by atoms with Crippen molar-refractivity contribution in [2.45, 2.75) is 6.92 Å². The van der Waals surface area contributed by atoms with E-state index in [1.54, 1.807) is 24.4 Å². The molecule has 0 saturated carbocycles. The van der Waals surface area contributed by atoms with E-state index in [9.17, 15) is 9.18 Å². The van der Waals surface area contributed by atoms with E-state index < -0.39 is 5.82 Å². The van der Waals surface area contributed by atoms with Gasteiger partial charge in [-0.3, -0.25) is 4.79 Å². The molecule has 0 atom stereocenters. The summed E-state index contributed by atoms with van der Waals surface area (Å²) in [6.07, 6.45) is 0. The molecule has 1 aromatic heterocycles. The number of anilines is 1. The Morgan fingerprint density at radius 1 is 1.44 bits per heavy atom. The molecule has 1 aromatic carbocycles. The number of carbonyl (C=O) groups excluding carboxylic acids is 1. The second-order valence-corrected chi connectivity index (χ2v) is 4.45. The third-order valence-electron chi connectivity index (χ3n) is 2.27. The molecule has 2 aromatic rings. The van der Waals surface area contributed by atoms with E-state index in [4.69, 9.17) is 5.73 Å². The summed E-state index contributed by atoms with van der Waals surface area (Å²) in [5.41, 5.74) is 6.44. The van der Waals surface area contributed by atoms with Crippen LogP contribution in [0.4, 0.5) is 10.1 Å². The van der Waals surface area contributed by atoms with Crippen molar-refractivity contribution in [2.24, 2.45) is 0 Å². The molecule has 0 fully saturated rings. The number of nitrogens with two attached hydrogens (primary N) is 1. The second kappa shape index (κ2) is 4.06. The Bertz CT molecular complexity index is 534. The van der Waals surface area contributed by atoms with Crippen LogP contribution in [0.25, 0.3) is 0 Å². The van der Waals surface area contributed by atoms with Crippen LogP contribution in [-0.2, 0) is 0 Å². The average molecular weight is 235 g/mol. The van der Waals surface area contributed by atoms with Crippen LogP contribution >= 0.6 is 11.3 Å². The van der Waals surface area contributed by atoms with Gasteiger partial charge < -0.3 is 5.73 Å². The van der Waals surface area contributed by atoms with Crippen LogP contribution in [0, 0.1) is 12.7 Å². The maximum absolute atomic E-state index is 13.8. The number of nitrogen functional groups attached to an aromatic ring is 1. The Kier molecular flexibility index (Phi) is 2.75. The highest BCUT2D eigenvalue weighted by atomic mass is 32.1. The Hall–Kier alpha value is -1.68. The van der Waals surface area contributed by atoms with Crippen LogP contribution in [0.15, 0.2) is 29.6 Å². The maximum atomic E-state index is 13.8. The summed E-state index contributed by atoms with van der Waals surface area (Å²) in [6, 6.07) is 6.32. The molecule has 0 amide bonds. The van der Waals surface area contributed by atoms with Gasteiger partial charge in [0.1, 0.15) is 5.82 Å². The fourth-order valence-electron chi connectivity index (χ4n) is 1.50. The SMILES string of the molecule is Cc1cc(N)cc(C(=O)c2cccs2)c1F. The standard InChI is InChI=1S/C12H10FNOS/c1-7-5-8(14)6-9(11(7)13)12(15)10-3-2-4-16-10/h2-6H,14H2,1H3. The Labute approximate surface area is 96.5 Å². The van der Waals surface area contributed by atoms with Crippen LogP contribution in [0.5, 0.6) is 0 Å². The molecule has 1 heterocycles. The molecule has 82 valence electrons. The molecule has 0 spiro atoms. The van der Waals surface area contributed by atoms with Gasteiger partial charge in [0.15, 0.2) is 0 Å². The Balaban J connectivity index is 2.52. The van der Waals surface area contributed by atoms with Crippen LogP contribution in [0.2, 0.25) is 0 Å². The van der Waals surface area contributed by atoms with Gasteiger partial charge >= 0.3 is 0 Å². The Morgan fingerprint density at radius 3 is 2.81 bits per heavy atom. The van der Waals surface area contributed by atoms with Gasteiger partial charge in [-0.2, -0.15) is 0 Å². The normalized spacial score (nSPS) is 10.4. The third kappa shape index (κ3) is 1.84. The molecule has 0 unspecified atom stereocenters. The zero-order valence-corrected chi connectivity index (χ0v) is 9.48. The molecule has 2 N–H and O–H groups in total. The van der Waals surface area contributed by atoms with E-state index >= 15 is 0 Å². The summed E-state index contributed by atoms with van der Waals surface area (Å²) in [6.45, 7) is 1.59. The van der Waals surface area contributed by atoms with Crippen molar-refractivity contribution in [1.82, 2.24) is 0 Å². The molecule has 0 bridgehead atoms. The lowest BCUT2D eigenvalue weighted by Gasteiger charge is -2.05. The molecule has 2 nitrogen and oxygen atoms in total. The van der Waals surface area contributed by atoms with Gasteiger partial charge in [-0.1, -0.05) is 6.07 Å². The summed E-state index contributed by atoms with van der Waals surface area (Å²) in [5.74, 6) is -0.810. The molecule has 2 rings (SSSR count). The van der Waals surface area contributed by atoms with Gasteiger partial charge in [-0.05, 0) is 36.1 Å². The molecule has 16 heavy (non-hydrogen) atoms. The van der Waals surface area contributed by atoms with E-state index in [1.807, 2.05) is 0 Å². The van der Waals surface area contributed by atoms with Crippen molar-refractivity contribution < 1.29 is 9.18 Å². The summed E-state index contributed by atoms with van der Waals surface area (Å²) in [5, 5.41) is 1.78. The first-order valence-corrected chi connectivity index (χ1v) is 5.61. The summed E-state index contributed by atoms with van der Waals surface area (Å²) in [4.78, 5) is 12.5. The van der Waals surface area contributed by atoms with Crippen molar-refractivity contribution in [2.75, 3.05) is 5.73 Å². The van der Waals surface area contributed by atoms with Crippen molar-refractivity contribution in [3.8, 4) is 0 Å². The quantitative estimate of drug-likeness (QED) is 0.642. The summed E-state index contributed by atoms with van der Waals surface area (Å²) in [7, 11) is 0. The highest BCUT2D eigenvalue weighted by molar-refractivity contribution is 7.12. The van der Waals surface area contributed by atoms with Crippen molar-refractivity contribution in [1.29, 1.82) is 0 Å². The number of hydrogen-bond acceptors (Lipinski definition) is 3. The van der Waals surface area contributed by atoms with Crippen molar-refractivity contribution >= 4 is 22.8 Å². The van der Waals surface area contributed by atoms with Gasteiger partial charge in [0.05, 0.1) is 10.4 Å². The zero-order chi connectivity index (χ0) is 11.7. The van der Waals surface area contributed by atoms with Gasteiger partial charge in [-0.25, -0.2) is 4.39 Å². The number of benzene rings is 1. The van der Waals surface area contributed by atoms with Gasteiger partial charge in [0.25, 0.3) is 0 Å². The van der Waals surface area contributed by atoms with Crippen LogP contribution in [0.3, 0.4) is 0 Å². The third-order valence-corrected chi connectivity index (χ3v) is 3.14. The maximum Gasteiger partial charge on any atom is 0.205 e. The smallest absolute Gasteiger partial charge is 0.205 e. The second-order valence-electron chi connectivity index (χ2n) is 3.51. The number of halogens is 1. The molecule has 4 heteroatoms. The lowest BCUT2D eigenvalue weighted by atomic mass is 10.0. The summed E-state index contributed by atoms with van der Waals surface area (Å²) >= 11 is 1.29. The molecule has 0 radical (unpaired) electrons. The molecular formula is C12H10FNOS. The molecule has 0 aliphatic carbocycles. The van der Waals surface area contributed by atoms with Crippen molar-refractivity contribution in [3.05, 3.63) is 51.5 Å². The fraction of sp³-hybridized carbons (Fsp3) is 0.0833. The van der Waals surface area contributed by atoms with Crippen molar-refractivity contribution in [3.63, 3.8) is 0 Å². The minimum absolute atomic E-state index is 0.0416. The molecule has 0 saturated heterocycles. The first-order chi connectivity index (χ1) is 7.59. The monoisotopic (exact) mass is 235 g/mol. The van der Waals surface area contributed by atoms with Crippen LogP contribution in [-0.4, -0.2) is 5.78 Å². The molecular weight excluding hydrogens is 225 g/mol. The van der Waals surface area contributed by atoms with E-state index in [0.717, 1.165) is 0 Å². The van der Waals surface area contributed by atoms with E-state index in [0.29, 0.717) is 16.1 Å². The first kappa shape index (κ1) is 10.8. The largest absolute Gasteiger partial charge is 0.399 e. The predicted molar refractivity (Wildman–Crippen MR) is 63.3 cm³/mol. The number of hydrogen-bond donors (Lipinski definition) is 1.